The summed E-state index contributed by atoms with van der Waals surface area (Å²) in [6.45, 7) is 9.79. The second-order valence-electron chi connectivity index (χ2n) is 6.61. The molecule has 1 amide bonds. The predicted octanol–water partition coefficient (Wildman–Crippen LogP) is 2.02. The standard InChI is InChI=1S/C17H26N2O2/c1-17(2,3)14-6-4-5-7-15(14)18-9-11-19(12-10-18)16(21)8-13-20/h4-7,20H,8-13H2,1-3H3. The van der Waals surface area contributed by atoms with E-state index in [0.29, 0.717) is 0 Å². The maximum absolute atomic E-state index is 11.8. The average Bonchev–Trinajstić information content (AvgIpc) is 2.47. The molecular formula is C17H26N2O2. The number of aliphatic hydroxyl groups excluding tert-OH is 1. The van der Waals surface area contributed by atoms with Crippen molar-refractivity contribution in [1.82, 2.24) is 4.90 Å². The number of benzene rings is 1. The van der Waals surface area contributed by atoms with Crippen LogP contribution in [0.1, 0.15) is 32.8 Å². The average molecular weight is 290 g/mol. The second kappa shape index (κ2) is 6.48. The highest BCUT2D eigenvalue weighted by molar-refractivity contribution is 5.76. The summed E-state index contributed by atoms with van der Waals surface area (Å²) in [6, 6.07) is 8.53. The molecule has 0 saturated carbocycles. The zero-order valence-electron chi connectivity index (χ0n) is 13.3. The molecule has 0 aromatic heterocycles. The summed E-state index contributed by atoms with van der Waals surface area (Å²) in [7, 11) is 0. The van der Waals surface area contributed by atoms with Gasteiger partial charge in [-0.2, -0.15) is 0 Å². The fourth-order valence-corrected chi connectivity index (χ4v) is 2.83. The van der Waals surface area contributed by atoms with Crippen LogP contribution in [0.15, 0.2) is 24.3 Å². The molecule has 0 aliphatic carbocycles. The molecule has 1 saturated heterocycles. The lowest BCUT2D eigenvalue weighted by Gasteiger charge is -2.38. The number of hydrogen-bond acceptors (Lipinski definition) is 3. The Morgan fingerprint density at radius 1 is 1.14 bits per heavy atom. The van der Waals surface area contributed by atoms with Gasteiger partial charge in [-0.25, -0.2) is 0 Å². The Morgan fingerprint density at radius 3 is 2.33 bits per heavy atom. The highest BCUT2D eigenvalue weighted by Gasteiger charge is 2.25. The minimum Gasteiger partial charge on any atom is -0.396 e. The first kappa shape index (κ1) is 15.8. The molecule has 0 bridgehead atoms. The summed E-state index contributed by atoms with van der Waals surface area (Å²) in [5.41, 5.74) is 2.74. The van der Waals surface area contributed by atoms with E-state index in [4.69, 9.17) is 5.11 Å². The fourth-order valence-electron chi connectivity index (χ4n) is 2.83. The van der Waals surface area contributed by atoms with Gasteiger partial charge in [-0.3, -0.25) is 4.79 Å². The van der Waals surface area contributed by atoms with Gasteiger partial charge in [0.25, 0.3) is 0 Å². The van der Waals surface area contributed by atoms with E-state index in [9.17, 15) is 4.79 Å². The van der Waals surface area contributed by atoms with Crippen molar-refractivity contribution in [2.45, 2.75) is 32.6 Å². The SMILES string of the molecule is CC(C)(C)c1ccccc1N1CCN(C(=O)CCO)CC1. The molecule has 2 rings (SSSR count). The Hall–Kier alpha value is -1.55. The van der Waals surface area contributed by atoms with Gasteiger partial charge in [-0.05, 0) is 17.0 Å². The van der Waals surface area contributed by atoms with Gasteiger partial charge in [0.05, 0.1) is 6.61 Å². The first-order chi connectivity index (χ1) is 9.93. The number of piperazine rings is 1. The van der Waals surface area contributed by atoms with Crippen molar-refractivity contribution in [3.8, 4) is 0 Å². The van der Waals surface area contributed by atoms with Crippen LogP contribution in [0.25, 0.3) is 0 Å². The van der Waals surface area contributed by atoms with Crippen molar-refractivity contribution in [3.05, 3.63) is 29.8 Å². The summed E-state index contributed by atoms with van der Waals surface area (Å²) in [6.07, 6.45) is 0.235. The molecule has 4 nitrogen and oxygen atoms in total. The van der Waals surface area contributed by atoms with E-state index in [1.807, 2.05) is 4.90 Å². The van der Waals surface area contributed by atoms with E-state index in [1.165, 1.54) is 11.3 Å². The van der Waals surface area contributed by atoms with Crippen LogP contribution in [-0.4, -0.2) is 48.7 Å². The molecule has 1 N–H and O–H groups in total. The van der Waals surface area contributed by atoms with Gasteiger partial charge < -0.3 is 14.9 Å². The summed E-state index contributed by atoms with van der Waals surface area (Å²) in [5, 5.41) is 8.87. The van der Waals surface area contributed by atoms with E-state index in [2.05, 4.69) is 49.9 Å². The van der Waals surface area contributed by atoms with Gasteiger partial charge in [0.1, 0.15) is 0 Å². The first-order valence-corrected chi connectivity index (χ1v) is 7.66. The van der Waals surface area contributed by atoms with Gasteiger partial charge in [-0.15, -0.1) is 0 Å². The third-order valence-electron chi connectivity index (χ3n) is 4.01. The largest absolute Gasteiger partial charge is 0.396 e. The number of aliphatic hydroxyl groups is 1. The molecule has 1 fully saturated rings. The number of carbonyl (C=O) groups excluding carboxylic acids is 1. The molecule has 0 atom stereocenters. The van der Waals surface area contributed by atoms with Crippen LogP contribution in [0, 0.1) is 0 Å². The van der Waals surface area contributed by atoms with Crippen LogP contribution >= 0.6 is 0 Å². The monoisotopic (exact) mass is 290 g/mol. The molecular weight excluding hydrogens is 264 g/mol. The molecule has 0 spiro atoms. The predicted molar refractivity (Wildman–Crippen MR) is 85.6 cm³/mol. The molecule has 4 heteroatoms. The Morgan fingerprint density at radius 2 is 1.76 bits per heavy atom. The van der Waals surface area contributed by atoms with Crippen molar-refractivity contribution in [2.75, 3.05) is 37.7 Å². The van der Waals surface area contributed by atoms with Gasteiger partial charge in [0.2, 0.25) is 5.91 Å². The third kappa shape index (κ3) is 3.76. The van der Waals surface area contributed by atoms with E-state index >= 15 is 0 Å². The van der Waals surface area contributed by atoms with Crippen LogP contribution < -0.4 is 4.90 Å². The molecule has 1 aromatic carbocycles. The van der Waals surface area contributed by atoms with Crippen LogP contribution in [0.5, 0.6) is 0 Å². The Balaban J connectivity index is 2.08. The molecule has 116 valence electrons. The van der Waals surface area contributed by atoms with Crippen molar-refractivity contribution in [3.63, 3.8) is 0 Å². The van der Waals surface area contributed by atoms with Gasteiger partial charge in [0, 0.05) is 38.3 Å². The Bertz CT molecular complexity index is 486. The molecule has 1 aliphatic heterocycles. The number of rotatable bonds is 3. The van der Waals surface area contributed by atoms with Crippen LogP contribution in [-0.2, 0) is 10.2 Å². The number of para-hydroxylation sites is 1. The van der Waals surface area contributed by atoms with Crippen LogP contribution in [0.4, 0.5) is 5.69 Å². The summed E-state index contributed by atoms with van der Waals surface area (Å²) in [5.74, 6) is 0.0567. The van der Waals surface area contributed by atoms with E-state index in [-0.39, 0.29) is 24.3 Å². The number of carbonyl (C=O) groups is 1. The zero-order valence-corrected chi connectivity index (χ0v) is 13.3. The lowest BCUT2D eigenvalue weighted by atomic mass is 9.85. The van der Waals surface area contributed by atoms with Gasteiger partial charge in [0.15, 0.2) is 0 Å². The number of hydrogen-bond donors (Lipinski definition) is 1. The maximum Gasteiger partial charge on any atom is 0.225 e. The third-order valence-corrected chi connectivity index (χ3v) is 4.01. The Labute approximate surface area is 127 Å². The number of amides is 1. The van der Waals surface area contributed by atoms with Gasteiger partial charge in [-0.1, -0.05) is 39.0 Å². The lowest BCUT2D eigenvalue weighted by molar-refractivity contribution is -0.132. The van der Waals surface area contributed by atoms with Crippen LogP contribution in [0.3, 0.4) is 0 Å². The molecule has 1 aliphatic rings. The van der Waals surface area contributed by atoms with E-state index < -0.39 is 0 Å². The van der Waals surface area contributed by atoms with Gasteiger partial charge >= 0.3 is 0 Å². The highest BCUT2D eigenvalue weighted by atomic mass is 16.3. The second-order valence-corrected chi connectivity index (χ2v) is 6.61. The summed E-state index contributed by atoms with van der Waals surface area (Å²) >= 11 is 0. The van der Waals surface area contributed by atoms with E-state index in [1.54, 1.807) is 0 Å². The summed E-state index contributed by atoms with van der Waals surface area (Å²) in [4.78, 5) is 16.0. The minimum absolute atomic E-state index is 0.0567. The van der Waals surface area contributed by atoms with Crippen LogP contribution in [0.2, 0.25) is 0 Å². The highest BCUT2D eigenvalue weighted by Crippen LogP contribution is 2.32. The molecule has 1 aromatic rings. The fraction of sp³-hybridized carbons (Fsp3) is 0.588. The maximum atomic E-state index is 11.8. The zero-order chi connectivity index (χ0) is 15.5. The quantitative estimate of drug-likeness (QED) is 0.926. The molecule has 1 heterocycles. The normalized spacial score (nSPS) is 16.2. The minimum atomic E-state index is -0.0636. The number of nitrogens with zero attached hydrogens (tertiary/aromatic N) is 2. The summed E-state index contributed by atoms with van der Waals surface area (Å²) < 4.78 is 0. The Kier molecular flexibility index (Phi) is 4.88. The number of anilines is 1. The van der Waals surface area contributed by atoms with Crippen molar-refractivity contribution >= 4 is 11.6 Å². The topological polar surface area (TPSA) is 43.8 Å². The lowest BCUT2D eigenvalue weighted by Crippen LogP contribution is -2.49. The smallest absolute Gasteiger partial charge is 0.225 e. The van der Waals surface area contributed by atoms with Crippen molar-refractivity contribution < 1.29 is 9.90 Å². The molecule has 0 unspecified atom stereocenters. The van der Waals surface area contributed by atoms with E-state index in [0.717, 1.165) is 26.2 Å². The molecule has 21 heavy (non-hydrogen) atoms. The molecule has 0 radical (unpaired) electrons. The first-order valence-electron chi connectivity index (χ1n) is 7.66. The van der Waals surface area contributed by atoms with Crippen molar-refractivity contribution in [1.29, 1.82) is 0 Å². The van der Waals surface area contributed by atoms with Crippen molar-refractivity contribution in [2.24, 2.45) is 0 Å².